The number of nitrogens with zero attached hydrogens (tertiary/aromatic N) is 2. The van der Waals surface area contributed by atoms with Gasteiger partial charge in [-0.1, -0.05) is 6.92 Å². The van der Waals surface area contributed by atoms with Gasteiger partial charge in [-0.3, -0.25) is 0 Å². The molecular formula is C13H20N2O2S. The Bertz CT molecular complexity index is 547. The molecule has 2 aliphatic rings. The van der Waals surface area contributed by atoms with Gasteiger partial charge in [0.15, 0.2) is 9.84 Å². The third-order valence-electron chi connectivity index (χ3n) is 4.15. The Morgan fingerprint density at radius 3 is 3.00 bits per heavy atom. The summed E-state index contributed by atoms with van der Waals surface area (Å²) in [7, 11) is -2.84. The highest BCUT2D eigenvalue weighted by atomic mass is 32.2. The van der Waals surface area contributed by atoms with Crippen LogP contribution in [0.5, 0.6) is 0 Å². The van der Waals surface area contributed by atoms with Crippen LogP contribution in [0, 0.1) is 5.92 Å². The van der Waals surface area contributed by atoms with Crippen molar-refractivity contribution in [3.8, 4) is 0 Å². The molecule has 1 fully saturated rings. The molecule has 0 saturated carbocycles. The summed E-state index contributed by atoms with van der Waals surface area (Å²) in [6, 6.07) is 0. The van der Waals surface area contributed by atoms with Crippen molar-refractivity contribution in [3.05, 3.63) is 17.7 Å². The van der Waals surface area contributed by atoms with Crippen LogP contribution in [-0.4, -0.2) is 29.5 Å². The highest BCUT2D eigenvalue weighted by molar-refractivity contribution is 7.91. The summed E-state index contributed by atoms with van der Waals surface area (Å²) in [6.45, 7) is 3.28. The summed E-state index contributed by atoms with van der Waals surface area (Å²) in [6.07, 6.45) is 6.06. The quantitative estimate of drug-likeness (QED) is 0.780. The van der Waals surface area contributed by atoms with Crippen LogP contribution in [0.2, 0.25) is 0 Å². The van der Waals surface area contributed by atoms with E-state index < -0.39 is 9.84 Å². The first-order chi connectivity index (χ1) is 8.53. The molecule has 18 heavy (non-hydrogen) atoms. The molecule has 0 amide bonds. The van der Waals surface area contributed by atoms with Crippen LogP contribution < -0.4 is 0 Å². The Morgan fingerprint density at radius 2 is 2.22 bits per heavy atom. The van der Waals surface area contributed by atoms with Crippen LogP contribution in [0.3, 0.4) is 0 Å². The monoisotopic (exact) mass is 268 g/mol. The van der Waals surface area contributed by atoms with Gasteiger partial charge in [-0.15, -0.1) is 0 Å². The molecule has 0 spiro atoms. The number of hydrogen-bond acceptors (Lipinski definition) is 3. The fourth-order valence-electron chi connectivity index (χ4n) is 3.06. The molecule has 2 atom stereocenters. The largest absolute Gasteiger partial charge is 0.335 e. The zero-order valence-electron chi connectivity index (χ0n) is 10.8. The lowest BCUT2D eigenvalue weighted by Crippen LogP contribution is -2.23. The summed E-state index contributed by atoms with van der Waals surface area (Å²) in [4.78, 5) is 4.69. The third kappa shape index (κ3) is 2.32. The average molecular weight is 268 g/mol. The SMILES string of the molecule is CC1CCn2cc(C3CCCS(=O)(=O)C3)nc2C1. The van der Waals surface area contributed by atoms with Crippen LogP contribution in [0.1, 0.15) is 43.6 Å². The maximum Gasteiger partial charge on any atom is 0.150 e. The highest BCUT2D eigenvalue weighted by Gasteiger charge is 2.29. The second-order valence-corrected chi connectivity index (χ2v) is 8.06. The maximum atomic E-state index is 11.7. The zero-order chi connectivity index (χ0) is 12.8. The third-order valence-corrected chi connectivity index (χ3v) is 5.97. The van der Waals surface area contributed by atoms with Gasteiger partial charge >= 0.3 is 0 Å². The summed E-state index contributed by atoms with van der Waals surface area (Å²) in [5, 5.41) is 0. The topological polar surface area (TPSA) is 52.0 Å². The molecule has 100 valence electrons. The minimum absolute atomic E-state index is 0.122. The van der Waals surface area contributed by atoms with Gasteiger partial charge in [0.2, 0.25) is 0 Å². The lowest BCUT2D eigenvalue weighted by atomic mass is 10.0. The van der Waals surface area contributed by atoms with Crippen molar-refractivity contribution in [2.75, 3.05) is 11.5 Å². The smallest absolute Gasteiger partial charge is 0.150 e. The Kier molecular flexibility index (Phi) is 2.96. The van der Waals surface area contributed by atoms with Crippen molar-refractivity contribution >= 4 is 9.84 Å². The fourth-order valence-corrected chi connectivity index (χ4v) is 4.78. The predicted molar refractivity (Wildman–Crippen MR) is 70.3 cm³/mol. The molecule has 0 N–H and O–H groups in total. The normalized spacial score (nSPS) is 30.9. The lowest BCUT2D eigenvalue weighted by molar-refractivity contribution is 0.409. The molecule has 0 aromatic carbocycles. The van der Waals surface area contributed by atoms with Crippen LogP contribution in [-0.2, 0) is 22.8 Å². The van der Waals surface area contributed by atoms with E-state index in [1.807, 2.05) is 0 Å². The number of imidazole rings is 1. The molecule has 2 unspecified atom stereocenters. The maximum absolute atomic E-state index is 11.7. The average Bonchev–Trinajstić information content (AvgIpc) is 2.70. The summed E-state index contributed by atoms with van der Waals surface area (Å²) >= 11 is 0. The second kappa shape index (κ2) is 4.37. The number of sulfone groups is 1. The highest BCUT2D eigenvalue weighted by Crippen LogP contribution is 2.29. The Balaban J connectivity index is 1.85. The van der Waals surface area contributed by atoms with Gasteiger partial charge in [0.1, 0.15) is 5.82 Å². The number of aromatic nitrogens is 2. The minimum atomic E-state index is -2.84. The van der Waals surface area contributed by atoms with Gasteiger partial charge in [-0.25, -0.2) is 13.4 Å². The van der Waals surface area contributed by atoms with Crippen molar-refractivity contribution in [1.82, 2.24) is 9.55 Å². The van der Waals surface area contributed by atoms with E-state index in [1.54, 1.807) is 0 Å². The first kappa shape index (κ1) is 12.2. The molecule has 3 heterocycles. The molecule has 1 saturated heterocycles. The number of hydrogen-bond donors (Lipinski definition) is 0. The molecular weight excluding hydrogens is 248 g/mol. The molecule has 3 rings (SSSR count). The number of rotatable bonds is 1. The van der Waals surface area contributed by atoms with Crippen molar-refractivity contribution < 1.29 is 8.42 Å². The Hall–Kier alpha value is -0.840. The van der Waals surface area contributed by atoms with Crippen molar-refractivity contribution in [2.24, 2.45) is 5.92 Å². The van der Waals surface area contributed by atoms with E-state index in [-0.39, 0.29) is 5.92 Å². The minimum Gasteiger partial charge on any atom is -0.335 e. The van der Waals surface area contributed by atoms with Crippen molar-refractivity contribution in [3.63, 3.8) is 0 Å². The Morgan fingerprint density at radius 1 is 1.39 bits per heavy atom. The summed E-state index contributed by atoms with van der Waals surface area (Å²) in [5.74, 6) is 2.61. The molecule has 0 radical (unpaired) electrons. The number of fused-ring (bicyclic) bond motifs is 1. The van der Waals surface area contributed by atoms with E-state index in [2.05, 4.69) is 22.7 Å². The van der Waals surface area contributed by atoms with Crippen LogP contribution in [0.15, 0.2) is 6.20 Å². The summed E-state index contributed by atoms with van der Waals surface area (Å²) < 4.78 is 25.6. The lowest BCUT2D eigenvalue weighted by Gasteiger charge is -2.19. The molecule has 1 aromatic rings. The van der Waals surface area contributed by atoms with Crippen LogP contribution in [0.25, 0.3) is 0 Å². The van der Waals surface area contributed by atoms with Gasteiger partial charge in [0.25, 0.3) is 0 Å². The number of aryl methyl sites for hydroxylation is 1. The summed E-state index contributed by atoms with van der Waals surface area (Å²) in [5.41, 5.74) is 1.00. The van der Waals surface area contributed by atoms with E-state index in [9.17, 15) is 8.42 Å². The predicted octanol–water partition coefficient (Wildman–Crippen LogP) is 1.76. The van der Waals surface area contributed by atoms with Gasteiger partial charge in [0, 0.05) is 25.1 Å². The molecule has 2 aliphatic heterocycles. The molecule has 5 heteroatoms. The fraction of sp³-hybridized carbons (Fsp3) is 0.769. The van der Waals surface area contributed by atoms with Gasteiger partial charge in [-0.2, -0.15) is 0 Å². The van der Waals surface area contributed by atoms with Gasteiger partial charge in [0.05, 0.1) is 17.2 Å². The van der Waals surface area contributed by atoms with Crippen molar-refractivity contribution in [2.45, 2.75) is 45.1 Å². The first-order valence-electron chi connectivity index (χ1n) is 6.80. The van der Waals surface area contributed by atoms with E-state index in [0.717, 1.165) is 37.3 Å². The van der Waals surface area contributed by atoms with E-state index in [0.29, 0.717) is 17.4 Å². The first-order valence-corrected chi connectivity index (χ1v) is 8.62. The van der Waals surface area contributed by atoms with E-state index in [1.165, 1.54) is 6.42 Å². The standard InChI is InChI=1S/C13H20N2O2S/c1-10-4-5-15-8-12(14-13(15)7-10)11-3-2-6-18(16,17)9-11/h8,10-11H,2-7,9H2,1H3. The Labute approximate surface area is 108 Å². The van der Waals surface area contributed by atoms with E-state index in [4.69, 9.17) is 0 Å². The second-order valence-electron chi connectivity index (χ2n) is 5.83. The molecule has 4 nitrogen and oxygen atoms in total. The van der Waals surface area contributed by atoms with E-state index >= 15 is 0 Å². The van der Waals surface area contributed by atoms with Gasteiger partial charge in [-0.05, 0) is 25.2 Å². The van der Waals surface area contributed by atoms with Crippen LogP contribution >= 0.6 is 0 Å². The van der Waals surface area contributed by atoms with Crippen molar-refractivity contribution in [1.29, 1.82) is 0 Å². The van der Waals surface area contributed by atoms with Gasteiger partial charge < -0.3 is 4.57 Å². The molecule has 0 bridgehead atoms. The molecule has 1 aromatic heterocycles. The zero-order valence-corrected chi connectivity index (χ0v) is 11.6. The van der Waals surface area contributed by atoms with Crippen LogP contribution in [0.4, 0.5) is 0 Å². The molecule has 0 aliphatic carbocycles.